The maximum absolute atomic E-state index is 11.7. The van der Waals surface area contributed by atoms with Gasteiger partial charge >= 0.3 is 0 Å². The summed E-state index contributed by atoms with van der Waals surface area (Å²) in [6, 6.07) is 8.69. The van der Waals surface area contributed by atoms with Crippen molar-refractivity contribution >= 4 is 17.7 Å². The van der Waals surface area contributed by atoms with E-state index in [4.69, 9.17) is 0 Å². The highest BCUT2D eigenvalue weighted by atomic mass is 32.2. The quantitative estimate of drug-likeness (QED) is 0.801. The zero-order chi connectivity index (χ0) is 12.8. The highest BCUT2D eigenvalue weighted by molar-refractivity contribution is 7.98. The fourth-order valence-electron chi connectivity index (χ4n) is 2.17. The molecule has 0 aliphatic carbocycles. The molecule has 1 atom stereocenters. The molecule has 18 heavy (non-hydrogen) atoms. The summed E-state index contributed by atoms with van der Waals surface area (Å²) in [5.74, 6) is 0.142. The van der Waals surface area contributed by atoms with Crippen molar-refractivity contribution in [1.29, 1.82) is 0 Å². The fraction of sp³-hybridized carbons (Fsp3) is 0.500. The van der Waals surface area contributed by atoms with Crippen LogP contribution >= 0.6 is 11.8 Å². The Morgan fingerprint density at radius 1 is 1.44 bits per heavy atom. The van der Waals surface area contributed by atoms with Crippen LogP contribution < -0.4 is 10.6 Å². The molecule has 98 valence electrons. The van der Waals surface area contributed by atoms with Gasteiger partial charge in [-0.25, -0.2) is 0 Å². The number of thioether (sulfide) groups is 1. The van der Waals surface area contributed by atoms with E-state index in [9.17, 15) is 4.79 Å². The first-order chi connectivity index (χ1) is 8.78. The summed E-state index contributed by atoms with van der Waals surface area (Å²) < 4.78 is 0. The molecule has 0 saturated carbocycles. The molecule has 0 spiro atoms. The molecule has 2 N–H and O–H groups in total. The van der Waals surface area contributed by atoms with Gasteiger partial charge in [0.2, 0.25) is 5.91 Å². The van der Waals surface area contributed by atoms with E-state index >= 15 is 0 Å². The smallest absolute Gasteiger partial charge is 0.221 e. The lowest BCUT2D eigenvalue weighted by Crippen LogP contribution is -2.31. The molecule has 1 saturated heterocycles. The van der Waals surface area contributed by atoms with E-state index in [0.29, 0.717) is 19.0 Å². The Balaban J connectivity index is 1.74. The normalized spacial score (nSPS) is 18.8. The van der Waals surface area contributed by atoms with Crippen LogP contribution in [0.3, 0.4) is 0 Å². The van der Waals surface area contributed by atoms with Gasteiger partial charge in [-0.2, -0.15) is 0 Å². The predicted molar refractivity (Wildman–Crippen MR) is 75.7 cm³/mol. The molecule has 1 unspecified atom stereocenters. The van der Waals surface area contributed by atoms with Crippen LogP contribution in [-0.4, -0.2) is 24.7 Å². The molecule has 1 aliphatic heterocycles. The molecule has 1 amide bonds. The number of carbonyl (C=O) groups excluding carboxylic acids is 1. The van der Waals surface area contributed by atoms with Crippen LogP contribution in [0.2, 0.25) is 0 Å². The summed E-state index contributed by atoms with van der Waals surface area (Å²) in [7, 11) is 0. The zero-order valence-corrected chi connectivity index (χ0v) is 11.6. The van der Waals surface area contributed by atoms with Crippen LogP contribution in [0.15, 0.2) is 29.2 Å². The molecular weight excluding hydrogens is 244 g/mol. The highest BCUT2D eigenvalue weighted by Gasteiger charge is 2.17. The average Bonchev–Trinajstić information content (AvgIpc) is 2.90. The molecule has 2 rings (SSSR count). The molecule has 1 aromatic carbocycles. The summed E-state index contributed by atoms with van der Waals surface area (Å²) in [5.41, 5.74) is 1.15. The van der Waals surface area contributed by atoms with Crippen molar-refractivity contribution < 1.29 is 4.79 Å². The molecule has 0 aromatic heterocycles. The first-order valence-corrected chi connectivity index (χ1v) is 7.63. The van der Waals surface area contributed by atoms with Crippen molar-refractivity contribution in [2.45, 2.75) is 36.7 Å². The minimum absolute atomic E-state index is 0.142. The first-order valence-electron chi connectivity index (χ1n) is 6.41. The van der Waals surface area contributed by atoms with Gasteiger partial charge < -0.3 is 10.6 Å². The van der Waals surface area contributed by atoms with Gasteiger partial charge in [0.05, 0.1) is 0 Å². The number of benzene rings is 1. The van der Waals surface area contributed by atoms with Gasteiger partial charge in [-0.15, -0.1) is 11.8 Å². The van der Waals surface area contributed by atoms with Crippen molar-refractivity contribution in [3.05, 3.63) is 29.8 Å². The molecule has 1 aromatic rings. The zero-order valence-electron chi connectivity index (χ0n) is 10.7. The molecule has 1 aliphatic rings. The largest absolute Gasteiger partial charge is 0.352 e. The molecule has 4 heteroatoms. The second-order valence-corrected chi connectivity index (χ2v) is 5.50. The summed E-state index contributed by atoms with van der Waals surface area (Å²) in [5, 5.41) is 6.31. The third kappa shape index (κ3) is 4.03. The third-order valence-electron chi connectivity index (χ3n) is 3.24. The Hall–Kier alpha value is -1.00. The van der Waals surface area contributed by atoms with Gasteiger partial charge in [0.15, 0.2) is 0 Å². The fourth-order valence-corrected chi connectivity index (χ4v) is 2.58. The molecular formula is C14H20N2OS. The van der Waals surface area contributed by atoms with E-state index in [0.717, 1.165) is 18.5 Å². The summed E-state index contributed by atoms with van der Waals surface area (Å²) in [6.45, 7) is 1.67. The molecule has 0 bridgehead atoms. The number of amides is 1. The van der Waals surface area contributed by atoms with Crippen LogP contribution in [-0.2, 0) is 11.3 Å². The number of hydrogen-bond acceptors (Lipinski definition) is 3. The first kappa shape index (κ1) is 13.4. The minimum Gasteiger partial charge on any atom is -0.352 e. The van der Waals surface area contributed by atoms with Gasteiger partial charge in [0.1, 0.15) is 0 Å². The van der Waals surface area contributed by atoms with E-state index in [2.05, 4.69) is 41.2 Å². The lowest BCUT2D eigenvalue weighted by atomic mass is 10.1. The molecule has 3 nitrogen and oxygen atoms in total. The van der Waals surface area contributed by atoms with Crippen molar-refractivity contribution in [3.8, 4) is 0 Å². The third-order valence-corrected chi connectivity index (χ3v) is 3.99. The SMILES string of the molecule is CSc1ccc(CNC(=O)CC2CCCN2)cc1. The van der Waals surface area contributed by atoms with Crippen LogP contribution in [0.4, 0.5) is 0 Å². The predicted octanol–water partition coefficient (Wildman–Crippen LogP) is 2.17. The van der Waals surface area contributed by atoms with Crippen molar-refractivity contribution in [2.75, 3.05) is 12.8 Å². The average molecular weight is 264 g/mol. The van der Waals surface area contributed by atoms with E-state index in [1.165, 1.54) is 11.3 Å². The minimum atomic E-state index is 0.142. The second-order valence-electron chi connectivity index (χ2n) is 4.62. The Morgan fingerprint density at radius 3 is 2.83 bits per heavy atom. The van der Waals surface area contributed by atoms with Crippen LogP contribution in [0.25, 0.3) is 0 Å². The van der Waals surface area contributed by atoms with Crippen molar-refractivity contribution in [2.24, 2.45) is 0 Å². The van der Waals surface area contributed by atoms with Crippen LogP contribution in [0.1, 0.15) is 24.8 Å². The summed E-state index contributed by atoms with van der Waals surface area (Å²) in [6.07, 6.45) is 4.97. The molecule has 0 radical (unpaired) electrons. The molecule has 1 heterocycles. The van der Waals surface area contributed by atoms with Gasteiger partial charge in [-0.05, 0) is 43.3 Å². The van der Waals surface area contributed by atoms with Crippen molar-refractivity contribution in [3.63, 3.8) is 0 Å². The maximum Gasteiger partial charge on any atom is 0.221 e. The lowest BCUT2D eigenvalue weighted by Gasteiger charge is -2.10. The topological polar surface area (TPSA) is 41.1 Å². The van der Waals surface area contributed by atoms with E-state index in [1.807, 2.05) is 0 Å². The van der Waals surface area contributed by atoms with Crippen LogP contribution in [0.5, 0.6) is 0 Å². The van der Waals surface area contributed by atoms with E-state index in [-0.39, 0.29) is 5.91 Å². The Morgan fingerprint density at radius 2 is 2.22 bits per heavy atom. The lowest BCUT2D eigenvalue weighted by molar-refractivity contribution is -0.121. The number of rotatable bonds is 5. The van der Waals surface area contributed by atoms with E-state index in [1.54, 1.807) is 11.8 Å². The van der Waals surface area contributed by atoms with E-state index < -0.39 is 0 Å². The number of carbonyl (C=O) groups is 1. The number of nitrogens with one attached hydrogen (secondary N) is 2. The van der Waals surface area contributed by atoms with Gasteiger partial charge in [-0.3, -0.25) is 4.79 Å². The highest BCUT2D eigenvalue weighted by Crippen LogP contribution is 2.14. The Bertz CT molecular complexity index is 385. The Labute approximate surface area is 113 Å². The van der Waals surface area contributed by atoms with Crippen molar-refractivity contribution in [1.82, 2.24) is 10.6 Å². The van der Waals surface area contributed by atoms with Gasteiger partial charge in [0, 0.05) is 23.9 Å². The van der Waals surface area contributed by atoms with Crippen LogP contribution in [0, 0.1) is 0 Å². The van der Waals surface area contributed by atoms with Gasteiger partial charge in [-0.1, -0.05) is 12.1 Å². The molecule has 1 fully saturated rings. The van der Waals surface area contributed by atoms with Gasteiger partial charge in [0.25, 0.3) is 0 Å². The summed E-state index contributed by atoms with van der Waals surface area (Å²) in [4.78, 5) is 13.0. The Kier molecular flexibility index (Phi) is 5.08. The number of hydrogen-bond donors (Lipinski definition) is 2. The summed E-state index contributed by atoms with van der Waals surface area (Å²) >= 11 is 1.73. The monoisotopic (exact) mass is 264 g/mol. The second kappa shape index (κ2) is 6.81. The standard InChI is InChI=1S/C14H20N2OS/c1-18-13-6-4-11(5-7-13)10-16-14(17)9-12-3-2-8-15-12/h4-7,12,15H,2-3,8-10H2,1H3,(H,16,17). The maximum atomic E-state index is 11.7.